The van der Waals surface area contributed by atoms with Gasteiger partial charge >= 0.3 is 0 Å². The first-order valence-corrected chi connectivity index (χ1v) is 6.92. The maximum Gasteiger partial charge on any atom is 0.127 e. The van der Waals surface area contributed by atoms with Crippen molar-refractivity contribution in [2.75, 3.05) is 6.61 Å². The number of halogens is 1. The van der Waals surface area contributed by atoms with E-state index in [1.807, 2.05) is 43.3 Å². The van der Waals surface area contributed by atoms with Gasteiger partial charge in [0.15, 0.2) is 0 Å². The van der Waals surface area contributed by atoms with E-state index in [4.69, 9.17) is 0 Å². The van der Waals surface area contributed by atoms with Gasteiger partial charge in [-0.05, 0) is 18.1 Å². The maximum atomic E-state index is 13.9. The Kier molecular flexibility index (Phi) is 5.27. The number of nitrogens with one attached hydrogen (secondary N) is 1. The average molecular weight is 273 g/mol. The van der Waals surface area contributed by atoms with Crippen LogP contribution in [0.4, 0.5) is 4.39 Å². The van der Waals surface area contributed by atoms with E-state index in [2.05, 4.69) is 5.32 Å². The SMILES string of the molecule is CCC(N[C@@H](CO)c1ccccc1)c1ccccc1F. The molecule has 0 aliphatic carbocycles. The number of benzene rings is 2. The average Bonchev–Trinajstić information content (AvgIpc) is 2.50. The van der Waals surface area contributed by atoms with Crippen molar-refractivity contribution >= 4 is 0 Å². The Labute approximate surface area is 119 Å². The third-order valence-electron chi connectivity index (χ3n) is 3.48. The van der Waals surface area contributed by atoms with Crippen LogP contribution in [0.25, 0.3) is 0 Å². The van der Waals surface area contributed by atoms with Crippen molar-refractivity contribution in [3.63, 3.8) is 0 Å². The summed E-state index contributed by atoms with van der Waals surface area (Å²) < 4.78 is 13.9. The minimum absolute atomic E-state index is 0.0189. The maximum absolute atomic E-state index is 13.9. The summed E-state index contributed by atoms with van der Waals surface area (Å²) in [6.07, 6.45) is 0.754. The van der Waals surface area contributed by atoms with Crippen molar-refractivity contribution in [3.8, 4) is 0 Å². The summed E-state index contributed by atoms with van der Waals surface area (Å²) in [5.41, 5.74) is 1.65. The van der Waals surface area contributed by atoms with Gasteiger partial charge in [-0.25, -0.2) is 4.39 Å². The highest BCUT2D eigenvalue weighted by Crippen LogP contribution is 2.24. The van der Waals surface area contributed by atoms with Gasteiger partial charge in [0.1, 0.15) is 5.82 Å². The topological polar surface area (TPSA) is 32.3 Å². The molecule has 0 saturated heterocycles. The Balaban J connectivity index is 2.19. The normalized spacial score (nSPS) is 13.9. The van der Waals surface area contributed by atoms with Gasteiger partial charge in [-0.15, -0.1) is 0 Å². The predicted octanol–water partition coefficient (Wildman–Crippen LogP) is 3.60. The number of aliphatic hydroxyl groups is 1. The number of hydrogen-bond acceptors (Lipinski definition) is 2. The molecule has 0 amide bonds. The van der Waals surface area contributed by atoms with E-state index in [9.17, 15) is 9.50 Å². The van der Waals surface area contributed by atoms with E-state index in [1.54, 1.807) is 12.1 Å². The Hall–Kier alpha value is -1.71. The van der Waals surface area contributed by atoms with Crippen LogP contribution in [0.1, 0.15) is 36.6 Å². The lowest BCUT2D eigenvalue weighted by atomic mass is 10.0. The Morgan fingerprint density at radius 3 is 2.25 bits per heavy atom. The van der Waals surface area contributed by atoms with Crippen LogP contribution in [0.3, 0.4) is 0 Å². The molecule has 2 atom stereocenters. The lowest BCUT2D eigenvalue weighted by Gasteiger charge is -2.24. The molecule has 2 aromatic rings. The van der Waals surface area contributed by atoms with Gasteiger partial charge in [-0.3, -0.25) is 0 Å². The van der Waals surface area contributed by atoms with Gasteiger partial charge in [-0.2, -0.15) is 0 Å². The molecular formula is C17H20FNO. The molecule has 2 nitrogen and oxygen atoms in total. The third kappa shape index (κ3) is 3.44. The van der Waals surface area contributed by atoms with E-state index >= 15 is 0 Å². The summed E-state index contributed by atoms with van der Waals surface area (Å²) in [7, 11) is 0. The fourth-order valence-corrected chi connectivity index (χ4v) is 2.37. The lowest BCUT2D eigenvalue weighted by Crippen LogP contribution is -2.29. The summed E-state index contributed by atoms with van der Waals surface area (Å²) in [5.74, 6) is -0.211. The largest absolute Gasteiger partial charge is 0.394 e. The highest BCUT2D eigenvalue weighted by molar-refractivity contribution is 5.23. The summed E-state index contributed by atoms with van der Waals surface area (Å²) >= 11 is 0. The highest BCUT2D eigenvalue weighted by atomic mass is 19.1. The van der Waals surface area contributed by atoms with E-state index in [-0.39, 0.29) is 24.5 Å². The van der Waals surface area contributed by atoms with E-state index in [0.717, 1.165) is 12.0 Å². The smallest absolute Gasteiger partial charge is 0.127 e. The fraction of sp³-hybridized carbons (Fsp3) is 0.294. The molecule has 0 saturated carbocycles. The molecule has 3 heteroatoms. The molecule has 2 rings (SSSR count). The number of aliphatic hydroxyl groups excluding tert-OH is 1. The lowest BCUT2D eigenvalue weighted by molar-refractivity contribution is 0.231. The number of rotatable bonds is 6. The summed E-state index contributed by atoms with van der Waals surface area (Å²) in [6, 6.07) is 16.2. The van der Waals surface area contributed by atoms with Gasteiger partial charge in [-0.1, -0.05) is 55.5 Å². The first-order chi connectivity index (χ1) is 9.76. The molecule has 0 heterocycles. The molecule has 2 N–H and O–H groups in total. The molecule has 0 spiro atoms. The van der Waals surface area contributed by atoms with E-state index in [0.29, 0.717) is 5.56 Å². The predicted molar refractivity (Wildman–Crippen MR) is 78.8 cm³/mol. The fourth-order valence-electron chi connectivity index (χ4n) is 2.37. The second kappa shape index (κ2) is 7.17. The van der Waals surface area contributed by atoms with Gasteiger partial charge in [0.05, 0.1) is 12.6 Å². The van der Waals surface area contributed by atoms with Crippen LogP contribution in [0, 0.1) is 5.82 Å². The van der Waals surface area contributed by atoms with Crippen molar-refractivity contribution in [1.82, 2.24) is 5.32 Å². The molecule has 0 aliphatic rings. The second-order valence-electron chi connectivity index (χ2n) is 4.79. The zero-order valence-electron chi connectivity index (χ0n) is 11.6. The molecule has 106 valence electrons. The van der Waals surface area contributed by atoms with Crippen LogP contribution in [-0.2, 0) is 0 Å². The van der Waals surface area contributed by atoms with Crippen LogP contribution >= 0.6 is 0 Å². The standard InChI is InChI=1S/C17H20FNO/c1-2-16(14-10-6-7-11-15(14)18)19-17(12-20)13-8-4-3-5-9-13/h3-11,16-17,19-20H,2,12H2,1H3/t16?,17-/m0/s1. The third-order valence-corrected chi connectivity index (χ3v) is 3.48. The molecule has 2 aromatic carbocycles. The van der Waals surface area contributed by atoms with Crippen LogP contribution in [0.15, 0.2) is 54.6 Å². The molecule has 0 aliphatic heterocycles. The van der Waals surface area contributed by atoms with Crippen LogP contribution in [0.2, 0.25) is 0 Å². The second-order valence-corrected chi connectivity index (χ2v) is 4.79. The van der Waals surface area contributed by atoms with Crippen molar-refractivity contribution in [3.05, 3.63) is 71.5 Å². The quantitative estimate of drug-likeness (QED) is 0.843. The van der Waals surface area contributed by atoms with Gasteiger partial charge in [0.25, 0.3) is 0 Å². The first kappa shape index (κ1) is 14.7. The van der Waals surface area contributed by atoms with E-state index in [1.165, 1.54) is 6.07 Å². The summed E-state index contributed by atoms with van der Waals surface area (Å²) in [5, 5.41) is 12.9. The molecule has 0 radical (unpaired) electrons. The molecule has 0 aromatic heterocycles. The minimum Gasteiger partial charge on any atom is -0.394 e. The molecule has 0 fully saturated rings. The van der Waals surface area contributed by atoms with Crippen LogP contribution in [0.5, 0.6) is 0 Å². The van der Waals surface area contributed by atoms with Gasteiger partial charge in [0, 0.05) is 11.6 Å². The number of hydrogen-bond donors (Lipinski definition) is 2. The van der Waals surface area contributed by atoms with Gasteiger partial charge in [0.2, 0.25) is 0 Å². The molecule has 0 bridgehead atoms. The monoisotopic (exact) mass is 273 g/mol. The summed E-state index contributed by atoms with van der Waals surface area (Å²) in [4.78, 5) is 0. The van der Waals surface area contributed by atoms with Crippen molar-refractivity contribution in [1.29, 1.82) is 0 Å². The van der Waals surface area contributed by atoms with Crippen molar-refractivity contribution in [2.45, 2.75) is 25.4 Å². The van der Waals surface area contributed by atoms with Gasteiger partial charge < -0.3 is 10.4 Å². The van der Waals surface area contributed by atoms with Crippen molar-refractivity contribution in [2.24, 2.45) is 0 Å². The zero-order chi connectivity index (χ0) is 14.4. The Bertz CT molecular complexity index is 530. The molecule has 20 heavy (non-hydrogen) atoms. The van der Waals surface area contributed by atoms with E-state index < -0.39 is 0 Å². The minimum atomic E-state index is -0.211. The van der Waals surface area contributed by atoms with Crippen LogP contribution < -0.4 is 5.32 Å². The highest BCUT2D eigenvalue weighted by Gasteiger charge is 2.18. The Morgan fingerprint density at radius 2 is 1.65 bits per heavy atom. The molecule has 1 unspecified atom stereocenters. The van der Waals surface area contributed by atoms with Crippen LogP contribution in [-0.4, -0.2) is 11.7 Å². The summed E-state index contributed by atoms with van der Waals surface area (Å²) in [6.45, 7) is 1.98. The first-order valence-electron chi connectivity index (χ1n) is 6.92. The zero-order valence-corrected chi connectivity index (χ0v) is 11.6. The van der Waals surface area contributed by atoms with Crippen molar-refractivity contribution < 1.29 is 9.50 Å². The molecular weight excluding hydrogens is 253 g/mol. The Morgan fingerprint density at radius 1 is 1.00 bits per heavy atom.